The molecular weight excluding hydrogens is 429 g/mol. The number of hydrogen-bond acceptors (Lipinski definition) is 5. The highest BCUT2D eigenvalue weighted by Gasteiger charge is 2.35. The minimum atomic E-state index is -1.34. The zero-order valence-corrected chi connectivity index (χ0v) is 16.4. The van der Waals surface area contributed by atoms with Crippen LogP contribution in [0.4, 0.5) is 18.9 Å². The molecule has 4 rings (SSSR count). The van der Waals surface area contributed by atoms with Gasteiger partial charge in [-0.2, -0.15) is 0 Å². The average Bonchev–Trinajstić information content (AvgIpc) is 3.07. The van der Waals surface area contributed by atoms with E-state index in [9.17, 15) is 22.8 Å². The van der Waals surface area contributed by atoms with Crippen LogP contribution in [-0.4, -0.2) is 23.0 Å². The van der Waals surface area contributed by atoms with Crippen LogP contribution in [0, 0.1) is 17.5 Å². The molecule has 0 radical (unpaired) electrons. The number of thiazole rings is 1. The second-order valence-corrected chi connectivity index (χ2v) is 7.96. The fourth-order valence-electron chi connectivity index (χ4n) is 3.25. The summed E-state index contributed by atoms with van der Waals surface area (Å²) in [6.07, 6.45) is -0.905. The third kappa shape index (κ3) is 3.56. The van der Waals surface area contributed by atoms with E-state index in [0.29, 0.717) is 22.3 Å². The predicted octanol–water partition coefficient (Wildman–Crippen LogP) is 4.39. The quantitative estimate of drug-likeness (QED) is 0.448. The summed E-state index contributed by atoms with van der Waals surface area (Å²) in [5, 5.41) is 0.639. The first-order chi connectivity index (χ1) is 13.7. The number of nitrogens with zero attached hydrogens (tertiary/aromatic N) is 2. The van der Waals surface area contributed by atoms with Gasteiger partial charge in [0.2, 0.25) is 0 Å². The highest BCUT2D eigenvalue weighted by Crippen LogP contribution is 2.35. The van der Waals surface area contributed by atoms with Gasteiger partial charge in [0.15, 0.2) is 17.7 Å². The second-order valence-electron chi connectivity index (χ2n) is 6.44. The molecule has 0 fully saturated rings. The number of anilines is 1. The van der Waals surface area contributed by atoms with Crippen molar-refractivity contribution in [2.24, 2.45) is 0 Å². The molecule has 0 bridgehead atoms. The monoisotopic (exact) mass is 440 g/mol. The maximum Gasteiger partial charge on any atom is 0.303 e. The molecule has 0 aliphatic carbocycles. The lowest BCUT2D eigenvalue weighted by atomic mass is 9.99. The minimum absolute atomic E-state index is 0.134. The van der Waals surface area contributed by atoms with Crippen molar-refractivity contribution in [2.75, 3.05) is 4.90 Å². The number of hydrogen-bond donors (Lipinski definition) is 0. The van der Waals surface area contributed by atoms with Crippen molar-refractivity contribution < 1.29 is 27.5 Å². The normalized spacial score (nSPS) is 16.2. The number of amides is 1. The molecule has 1 atom stereocenters. The molecule has 0 N–H and O–H groups in total. The zero-order valence-electron chi connectivity index (χ0n) is 14.8. The number of rotatable bonds is 3. The van der Waals surface area contributed by atoms with E-state index in [2.05, 4.69) is 4.98 Å². The predicted molar refractivity (Wildman–Crippen MR) is 101 cm³/mol. The van der Waals surface area contributed by atoms with Gasteiger partial charge in [0, 0.05) is 30.1 Å². The molecule has 0 saturated carbocycles. The summed E-state index contributed by atoms with van der Waals surface area (Å²) in [7, 11) is 0. The van der Waals surface area contributed by atoms with E-state index in [1.54, 1.807) is 18.2 Å². The largest absolute Gasteiger partial charge is 0.452 e. The van der Waals surface area contributed by atoms with Crippen molar-refractivity contribution in [3.05, 3.63) is 57.3 Å². The lowest BCUT2D eigenvalue weighted by Gasteiger charge is -2.33. The lowest BCUT2D eigenvalue weighted by molar-refractivity contribution is -0.153. The summed E-state index contributed by atoms with van der Waals surface area (Å²) in [5.41, 5.74) is 0.766. The standard InChI is InChI=1S/C19H12ClF3N2O3S/c1-8(26)28-14-5-9-4-10(20)2-3-13(9)25(19(14)27)7-15-24-17-16(23)11(21)6-12(22)18(17)29-15/h2-4,6,14H,5,7H2,1H3. The Bertz CT molecular complexity index is 1170. The number of ether oxygens (including phenoxy) is 1. The molecule has 3 aromatic rings. The molecule has 5 nitrogen and oxygen atoms in total. The molecule has 2 heterocycles. The van der Waals surface area contributed by atoms with Gasteiger partial charge in [0.25, 0.3) is 5.91 Å². The second kappa shape index (κ2) is 7.31. The van der Waals surface area contributed by atoms with Gasteiger partial charge in [-0.1, -0.05) is 11.6 Å². The maximum absolute atomic E-state index is 14.0. The average molecular weight is 441 g/mol. The van der Waals surface area contributed by atoms with Gasteiger partial charge in [0.1, 0.15) is 16.3 Å². The van der Waals surface area contributed by atoms with Crippen LogP contribution in [0.25, 0.3) is 10.2 Å². The third-order valence-corrected chi connectivity index (χ3v) is 5.72. The van der Waals surface area contributed by atoms with E-state index in [4.69, 9.17) is 16.3 Å². The van der Waals surface area contributed by atoms with Gasteiger partial charge in [-0.15, -0.1) is 11.3 Å². The zero-order chi connectivity index (χ0) is 20.9. The van der Waals surface area contributed by atoms with Crippen molar-refractivity contribution in [3.63, 3.8) is 0 Å². The smallest absolute Gasteiger partial charge is 0.303 e. The van der Waals surface area contributed by atoms with Crippen molar-refractivity contribution in [1.29, 1.82) is 0 Å². The third-order valence-electron chi connectivity index (χ3n) is 4.44. The number of esters is 1. The molecule has 0 saturated heterocycles. The molecule has 150 valence electrons. The van der Waals surface area contributed by atoms with Gasteiger partial charge in [-0.25, -0.2) is 18.2 Å². The Hall–Kier alpha value is -2.65. The molecule has 29 heavy (non-hydrogen) atoms. The molecule has 1 unspecified atom stereocenters. The molecule has 1 amide bonds. The van der Waals surface area contributed by atoms with Gasteiger partial charge in [-0.05, 0) is 23.8 Å². The molecule has 1 aliphatic heterocycles. The Labute approximate surface area is 171 Å². The number of benzene rings is 2. The number of carbonyl (C=O) groups is 2. The van der Waals surface area contributed by atoms with Crippen molar-refractivity contribution in [3.8, 4) is 0 Å². The summed E-state index contributed by atoms with van der Waals surface area (Å²) in [5.74, 6) is -4.64. The molecular formula is C19H12ClF3N2O3S. The van der Waals surface area contributed by atoms with Crippen LogP contribution in [0.1, 0.15) is 17.5 Å². The summed E-state index contributed by atoms with van der Waals surface area (Å²) < 4.78 is 46.4. The van der Waals surface area contributed by atoms with Gasteiger partial charge >= 0.3 is 5.97 Å². The molecule has 1 aliphatic rings. The van der Waals surface area contributed by atoms with Gasteiger partial charge < -0.3 is 9.64 Å². The Morgan fingerprint density at radius 3 is 2.79 bits per heavy atom. The van der Waals surface area contributed by atoms with Crippen LogP contribution < -0.4 is 4.90 Å². The van der Waals surface area contributed by atoms with Crippen molar-refractivity contribution >= 4 is 50.7 Å². The highest BCUT2D eigenvalue weighted by molar-refractivity contribution is 7.18. The lowest BCUT2D eigenvalue weighted by Crippen LogP contribution is -2.46. The Balaban J connectivity index is 1.76. The van der Waals surface area contributed by atoms with Crippen molar-refractivity contribution in [2.45, 2.75) is 26.0 Å². The van der Waals surface area contributed by atoms with Crippen LogP contribution in [0.2, 0.25) is 5.02 Å². The number of aromatic nitrogens is 1. The van der Waals surface area contributed by atoms with Crippen LogP contribution in [0.15, 0.2) is 24.3 Å². The summed E-state index contributed by atoms with van der Waals surface area (Å²) in [6, 6.07) is 5.34. The number of carbonyl (C=O) groups excluding carboxylic acids is 2. The fourth-order valence-corrected chi connectivity index (χ4v) is 4.40. The molecule has 0 spiro atoms. The number of halogens is 4. The van der Waals surface area contributed by atoms with Crippen LogP contribution in [-0.2, 0) is 27.3 Å². The van der Waals surface area contributed by atoms with Crippen molar-refractivity contribution in [1.82, 2.24) is 4.98 Å². The van der Waals surface area contributed by atoms with E-state index in [-0.39, 0.29) is 22.7 Å². The number of fused-ring (bicyclic) bond motifs is 2. The summed E-state index contributed by atoms with van der Waals surface area (Å²) in [6.45, 7) is 1.06. The van der Waals surface area contributed by atoms with Crippen LogP contribution >= 0.6 is 22.9 Å². The first-order valence-corrected chi connectivity index (χ1v) is 9.64. The Kier molecular flexibility index (Phi) is 4.95. The molecule has 10 heteroatoms. The highest BCUT2D eigenvalue weighted by atomic mass is 35.5. The first kappa shape index (κ1) is 19.7. The van der Waals surface area contributed by atoms with E-state index in [0.717, 1.165) is 11.3 Å². The Morgan fingerprint density at radius 2 is 2.07 bits per heavy atom. The Morgan fingerprint density at radius 1 is 1.31 bits per heavy atom. The summed E-state index contributed by atoms with van der Waals surface area (Å²) >= 11 is 6.85. The fraction of sp³-hybridized carbons (Fsp3) is 0.211. The van der Waals surface area contributed by atoms with Gasteiger partial charge in [0.05, 0.1) is 11.2 Å². The van der Waals surface area contributed by atoms with E-state index in [1.807, 2.05) is 0 Å². The molecule has 2 aromatic carbocycles. The van der Waals surface area contributed by atoms with E-state index < -0.39 is 40.9 Å². The van der Waals surface area contributed by atoms with Gasteiger partial charge in [-0.3, -0.25) is 9.59 Å². The first-order valence-electron chi connectivity index (χ1n) is 8.44. The topological polar surface area (TPSA) is 59.5 Å². The maximum atomic E-state index is 14.0. The van der Waals surface area contributed by atoms with Crippen LogP contribution in [0.3, 0.4) is 0 Å². The van der Waals surface area contributed by atoms with E-state index >= 15 is 0 Å². The molecule has 1 aromatic heterocycles. The van der Waals surface area contributed by atoms with Crippen LogP contribution in [0.5, 0.6) is 0 Å². The minimum Gasteiger partial charge on any atom is -0.452 e. The SMILES string of the molecule is CC(=O)OC1Cc2cc(Cl)ccc2N(Cc2nc3c(F)c(F)cc(F)c3s2)C1=O. The van der Waals surface area contributed by atoms with E-state index in [1.165, 1.54) is 11.8 Å². The summed E-state index contributed by atoms with van der Waals surface area (Å²) in [4.78, 5) is 29.6.